The molecule has 4 nitrogen and oxygen atoms in total. The van der Waals surface area contributed by atoms with Crippen molar-refractivity contribution in [3.63, 3.8) is 0 Å². The van der Waals surface area contributed by atoms with Crippen molar-refractivity contribution < 1.29 is 23.0 Å². The van der Waals surface area contributed by atoms with E-state index >= 15 is 0 Å². The van der Waals surface area contributed by atoms with Crippen molar-refractivity contribution in [2.45, 2.75) is 19.9 Å². The average molecular weight is 289 g/mol. The minimum absolute atomic E-state index is 0.341. The Bertz CT molecular complexity index is 389. The lowest BCUT2D eigenvalue weighted by molar-refractivity contribution is 0.0800. The highest BCUT2D eigenvalue weighted by molar-refractivity contribution is 5.43. The lowest BCUT2D eigenvalue weighted by atomic mass is 10.2. The average Bonchev–Trinajstić information content (AvgIpc) is 2.43. The van der Waals surface area contributed by atoms with Crippen LogP contribution in [0, 0.1) is 0 Å². The number of halogens is 2. The molecule has 0 saturated heterocycles. The second-order valence-electron chi connectivity index (χ2n) is 4.09. The van der Waals surface area contributed by atoms with Crippen LogP contribution in [0.5, 0.6) is 11.5 Å². The summed E-state index contributed by atoms with van der Waals surface area (Å²) in [5.74, 6) is 0.826. The summed E-state index contributed by atoms with van der Waals surface area (Å²) in [7, 11) is 1.64. The molecule has 1 rings (SSSR count). The molecule has 0 aromatic heterocycles. The Morgan fingerprint density at radius 1 is 1.20 bits per heavy atom. The Morgan fingerprint density at radius 3 is 2.65 bits per heavy atom. The van der Waals surface area contributed by atoms with Crippen molar-refractivity contribution in [2.75, 3.05) is 33.5 Å². The van der Waals surface area contributed by atoms with Crippen molar-refractivity contribution in [3.8, 4) is 11.5 Å². The molecule has 0 spiro atoms. The molecule has 0 aliphatic heterocycles. The van der Waals surface area contributed by atoms with Gasteiger partial charge in [0.25, 0.3) is 6.43 Å². The number of methoxy groups -OCH3 is 1. The van der Waals surface area contributed by atoms with E-state index in [1.54, 1.807) is 19.2 Å². The number of alkyl halides is 2. The van der Waals surface area contributed by atoms with Crippen LogP contribution in [0.1, 0.15) is 12.5 Å². The maximum absolute atomic E-state index is 12.2. The zero-order valence-corrected chi connectivity index (χ0v) is 11.8. The van der Waals surface area contributed by atoms with Crippen LogP contribution in [0.3, 0.4) is 0 Å². The molecule has 1 N–H and O–H groups in total. The maximum atomic E-state index is 12.2. The van der Waals surface area contributed by atoms with Crippen LogP contribution < -0.4 is 14.8 Å². The van der Waals surface area contributed by atoms with Gasteiger partial charge in [-0.1, -0.05) is 6.07 Å². The molecule has 1 aromatic rings. The van der Waals surface area contributed by atoms with Gasteiger partial charge in [-0.25, -0.2) is 8.78 Å². The summed E-state index contributed by atoms with van der Waals surface area (Å²) in [5, 5.41) is 3.20. The molecule has 0 saturated carbocycles. The third-order valence-corrected chi connectivity index (χ3v) is 2.48. The Labute approximate surface area is 118 Å². The van der Waals surface area contributed by atoms with Gasteiger partial charge in [-0.3, -0.25) is 0 Å². The molecule has 0 bridgehead atoms. The lowest BCUT2D eigenvalue weighted by Gasteiger charge is -2.13. The summed E-state index contributed by atoms with van der Waals surface area (Å²) in [5.41, 5.74) is 0.994. The molecule has 0 heterocycles. The van der Waals surface area contributed by atoms with E-state index in [-0.39, 0.29) is 0 Å². The van der Waals surface area contributed by atoms with E-state index in [1.807, 2.05) is 13.0 Å². The topological polar surface area (TPSA) is 39.7 Å². The van der Waals surface area contributed by atoms with E-state index < -0.39 is 13.0 Å². The van der Waals surface area contributed by atoms with Crippen molar-refractivity contribution in [1.29, 1.82) is 0 Å². The fourth-order valence-electron chi connectivity index (χ4n) is 1.61. The summed E-state index contributed by atoms with van der Waals surface area (Å²) in [6, 6.07) is 5.27. The number of benzene rings is 1. The van der Waals surface area contributed by atoms with E-state index in [0.717, 1.165) is 12.1 Å². The summed E-state index contributed by atoms with van der Waals surface area (Å²) in [6.07, 6.45) is -2.50. The van der Waals surface area contributed by atoms with Gasteiger partial charge in [0.15, 0.2) is 11.5 Å². The number of nitrogens with one attached hydrogen (secondary N) is 1. The molecule has 0 atom stereocenters. The molecule has 114 valence electrons. The molecule has 0 amide bonds. The Kier molecular flexibility index (Phi) is 7.91. The number of ether oxygens (including phenoxy) is 3. The highest BCUT2D eigenvalue weighted by Gasteiger charge is 2.09. The summed E-state index contributed by atoms with van der Waals surface area (Å²) in [6.45, 7) is 3.67. The van der Waals surface area contributed by atoms with E-state index in [4.69, 9.17) is 14.2 Å². The lowest BCUT2D eigenvalue weighted by Crippen LogP contribution is -2.18. The van der Waals surface area contributed by atoms with Crippen molar-refractivity contribution >= 4 is 0 Å². The van der Waals surface area contributed by atoms with Gasteiger partial charge in [-0.15, -0.1) is 0 Å². The van der Waals surface area contributed by atoms with E-state index in [1.165, 1.54) is 0 Å². The molecule has 0 aliphatic carbocycles. The fourth-order valence-corrected chi connectivity index (χ4v) is 1.61. The smallest absolute Gasteiger partial charge is 0.272 e. The second-order valence-corrected chi connectivity index (χ2v) is 4.09. The van der Waals surface area contributed by atoms with Crippen molar-refractivity contribution in [2.24, 2.45) is 0 Å². The van der Waals surface area contributed by atoms with E-state index in [0.29, 0.717) is 31.3 Å². The Morgan fingerprint density at radius 2 is 2.00 bits per heavy atom. The molecule has 1 aromatic carbocycles. The Balaban J connectivity index is 2.63. The predicted octanol–water partition coefficient (Wildman–Crippen LogP) is 2.47. The standard InChI is InChI=1S/C14H21F2NO3/c1-3-19-13-8-11(9-17-6-7-18-2)4-5-12(13)20-10-14(15)16/h4-5,8,14,17H,3,6-7,9-10H2,1-2H3. The second kappa shape index (κ2) is 9.50. The first kappa shape index (κ1) is 16.7. The monoisotopic (exact) mass is 289 g/mol. The fraction of sp³-hybridized carbons (Fsp3) is 0.571. The quantitative estimate of drug-likeness (QED) is 0.672. The summed E-state index contributed by atoms with van der Waals surface area (Å²) in [4.78, 5) is 0. The van der Waals surface area contributed by atoms with Crippen molar-refractivity contribution in [3.05, 3.63) is 23.8 Å². The zero-order valence-electron chi connectivity index (χ0n) is 11.8. The van der Waals surface area contributed by atoms with Crippen LogP contribution in [0.25, 0.3) is 0 Å². The minimum atomic E-state index is -2.50. The number of hydrogen-bond acceptors (Lipinski definition) is 4. The third-order valence-electron chi connectivity index (χ3n) is 2.48. The normalized spacial score (nSPS) is 10.8. The number of hydrogen-bond donors (Lipinski definition) is 1. The molecule has 0 radical (unpaired) electrons. The van der Waals surface area contributed by atoms with Gasteiger partial charge >= 0.3 is 0 Å². The van der Waals surface area contributed by atoms with Gasteiger partial charge in [0.2, 0.25) is 0 Å². The third kappa shape index (κ3) is 6.16. The van der Waals surface area contributed by atoms with E-state index in [2.05, 4.69) is 5.32 Å². The van der Waals surface area contributed by atoms with Gasteiger partial charge in [0.1, 0.15) is 6.61 Å². The Hall–Kier alpha value is -1.40. The zero-order chi connectivity index (χ0) is 14.8. The van der Waals surface area contributed by atoms with Crippen LogP contribution in [-0.2, 0) is 11.3 Å². The molecule has 0 unspecified atom stereocenters. The van der Waals surface area contributed by atoms with Crippen LogP contribution in [0.2, 0.25) is 0 Å². The first-order valence-electron chi connectivity index (χ1n) is 6.53. The SMILES string of the molecule is CCOc1cc(CNCCOC)ccc1OCC(F)F. The first-order chi connectivity index (χ1) is 9.67. The van der Waals surface area contributed by atoms with Crippen LogP contribution in [-0.4, -0.2) is 39.9 Å². The summed E-state index contributed by atoms with van der Waals surface area (Å²) >= 11 is 0. The van der Waals surface area contributed by atoms with E-state index in [9.17, 15) is 8.78 Å². The van der Waals surface area contributed by atoms with Gasteiger partial charge in [0, 0.05) is 20.2 Å². The van der Waals surface area contributed by atoms with Crippen LogP contribution >= 0.6 is 0 Å². The summed E-state index contributed by atoms with van der Waals surface area (Å²) < 4.78 is 39.7. The highest BCUT2D eigenvalue weighted by atomic mass is 19.3. The van der Waals surface area contributed by atoms with Gasteiger partial charge in [-0.05, 0) is 24.6 Å². The molecular weight excluding hydrogens is 268 g/mol. The van der Waals surface area contributed by atoms with Crippen LogP contribution in [0.4, 0.5) is 8.78 Å². The van der Waals surface area contributed by atoms with Gasteiger partial charge in [0.05, 0.1) is 13.2 Å². The molecule has 0 fully saturated rings. The number of rotatable bonds is 10. The first-order valence-corrected chi connectivity index (χ1v) is 6.53. The molecule has 0 aliphatic rings. The molecule has 20 heavy (non-hydrogen) atoms. The minimum Gasteiger partial charge on any atom is -0.490 e. The molecular formula is C14H21F2NO3. The largest absolute Gasteiger partial charge is 0.490 e. The van der Waals surface area contributed by atoms with Crippen molar-refractivity contribution in [1.82, 2.24) is 5.32 Å². The van der Waals surface area contributed by atoms with Crippen LogP contribution in [0.15, 0.2) is 18.2 Å². The van der Waals surface area contributed by atoms with Gasteiger partial charge in [-0.2, -0.15) is 0 Å². The predicted molar refractivity (Wildman–Crippen MR) is 72.7 cm³/mol. The van der Waals surface area contributed by atoms with Gasteiger partial charge < -0.3 is 19.5 Å². The molecule has 6 heteroatoms. The maximum Gasteiger partial charge on any atom is 0.272 e. The highest BCUT2D eigenvalue weighted by Crippen LogP contribution is 2.28.